The third-order valence-electron chi connectivity index (χ3n) is 6.53. The first-order valence-electron chi connectivity index (χ1n) is 11.5. The van der Waals surface area contributed by atoms with Crippen LogP contribution in [-0.2, 0) is 14.3 Å². The number of rotatable bonds is 10. The van der Waals surface area contributed by atoms with E-state index in [1.807, 2.05) is 24.3 Å². The number of fused-ring (bicyclic) bond motifs is 3. The summed E-state index contributed by atoms with van der Waals surface area (Å²) in [5, 5.41) is 14.5. The quantitative estimate of drug-likeness (QED) is 0.511. The Kier molecular flexibility index (Phi) is 6.96. The molecule has 7 heteroatoms. The van der Waals surface area contributed by atoms with Gasteiger partial charge in [-0.05, 0) is 34.6 Å². The zero-order valence-corrected chi connectivity index (χ0v) is 18.8. The van der Waals surface area contributed by atoms with Crippen LogP contribution < -0.4 is 10.6 Å². The predicted octanol–water partition coefficient (Wildman–Crippen LogP) is 3.78. The van der Waals surface area contributed by atoms with E-state index in [4.69, 9.17) is 9.84 Å². The van der Waals surface area contributed by atoms with Gasteiger partial charge in [0.2, 0.25) is 5.91 Å². The second-order valence-corrected chi connectivity index (χ2v) is 9.07. The van der Waals surface area contributed by atoms with Crippen LogP contribution in [0.2, 0.25) is 0 Å². The minimum Gasteiger partial charge on any atom is -0.481 e. The van der Waals surface area contributed by atoms with Crippen molar-refractivity contribution in [2.24, 2.45) is 17.8 Å². The lowest BCUT2D eigenvalue weighted by Crippen LogP contribution is -2.41. The molecule has 0 aromatic heterocycles. The second kappa shape index (κ2) is 10.1. The van der Waals surface area contributed by atoms with E-state index in [9.17, 15) is 14.4 Å². The predicted molar refractivity (Wildman–Crippen MR) is 124 cm³/mol. The zero-order valence-electron chi connectivity index (χ0n) is 18.8. The van der Waals surface area contributed by atoms with Crippen LogP contribution >= 0.6 is 0 Å². The van der Waals surface area contributed by atoms with Crippen LogP contribution in [0.15, 0.2) is 48.5 Å². The maximum atomic E-state index is 12.6. The van der Waals surface area contributed by atoms with E-state index in [1.54, 1.807) is 6.92 Å². The lowest BCUT2D eigenvalue weighted by molar-refractivity contribution is -0.141. The molecule has 0 bridgehead atoms. The van der Waals surface area contributed by atoms with Gasteiger partial charge in [-0.15, -0.1) is 0 Å². The van der Waals surface area contributed by atoms with Crippen LogP contribution in [-0.4, -0.2) is 42.8 Å². The van der Waals surface area contributed by atoms with Gasteiger partial charge < -0.3 is 20.5 Å². The Hall–Kier alpha value is -3.35. The normalized spacial score (nSPS) is 16.3. The van der Waals surface area contributed by atoms with Gasteiger partial charge in [-0.25, -0.2) is 4.79 Å². The summed E-state index contributed by atoms with van der Waals surface area (Å²) in [7, 11) is 0. The van der Waals surface area contributed by atoms with Crippen LogP contribution in [0.1, 0.15) is 43.2 Å². The van der Waals surface area contributed by atoms with Crippen LogP contribution in [0.25, 0.3) is 11.1 Å². The van der Waals surface area contributed by atoms with Crippen molar-refractivity contribution in [3.8, 4) is 11.1 Å². The molecule has 0 heterocycles. The Bertz CT molecular complexity index is 987. The number of carbonyl (C=O) groups is 3. The number of carboxylic acid groups (broad SMARTS) is 1. The highest BCUT2D eigenvalue weighted by Gasteiger charge is 2.31. The van der Waals surface area contributed by atoms with Gasteiger partial charge in [-0.3, -0.25) is 9.59 Å². The molecule has 4 rings (SSSR count). The van der Waals surface area contributed by atoms with Crippen molar-refractivity contribution in [3.63, 3.8) is 0 Å². The first-order valence-corrected chi connectivity index (χ1v) is 11.5. The summed E-state index contributed by atoms with van der Waals surface area (Å²) in [6.07, 6.45) is 2.29. The van der Waals surface area contributed by atoms with Gasteiger partial charge in [0.15, 0.2) is 0 Å². The molecule has 174 valence electrons. The minimum atomic E-state index is -0.953. The van der Waals surface area contributed by atoms with Crippen LogP contribution in [0.3, 0.4) is 0 Å². The molecule has 0 radical (unpaired) electrons. The summed E-state index contributed by atoms with van der Waals surface area (Å²) in [5.74, 6) is -1.78. The van der Waals surface area contributed by atoms with Crippen LogP contribution in [0, 0.1) is 17.8 Å². The Morgan fingerprint density at radius 1 is 0.970 bits per heavy atom. The molecule has 1 saturated carbocycles. The molecular weight excluding hydrogens is 420 g/mol. The van der Waals surface area contributed by atoms with Crippen molar-refractivity contribution < 1.29 is 24.2 Å². The molecule has 2 amide bonds. The summed E-state index contributed by atoms with van der Waals surface area (Å²) in [4.78, 5) is 36.1. The Morgan fingerprint density at radius 3 is 2.15 bits per heavy atom. The van der Waals surface area contributed by atoms with Crippen molar-refractivity contribution >= 4 is 18.0 Å². The Balaban J connectivity index is 1.31. The first kappa shape index (κ1) is 22.8. The molecule has 2 aromatic carbocycles. The highest BCUT2D eigenvalue weighted by atomic mass is 16.5. The summed E-state index contributed by atoms with van der Waals surface area (Å²) in [6, 6.07) is 16.3. The van der Waals surface area contributed by atoms with Crippen molar-refractivity contribution in [1.82, 2.24) is 10.6 Å². The maximum absolute atomic E-state index is 12.6. The molecule has 2 aliphatic rings. The molecule has 2 aromatic rings. The zero-order chi connectivity index (χ0) is 23.4. The monoisotopic (exact) mass is 450 g/mol. The first-order chi connectivity index (χ1) is 15.9. The molecular formula is C26H30N2O5. The standard InChI is InChI=1S/C26H30N2O5/c1-16(25(30)31)13-27-24(29)18(12-17-10-11-17)14-28-26(32)33-15-23-21-8-4-2-6-19(21)20-7-3-5-9-22(20)23/h2-9,16-18,23H,10-15H2,1H3,(H,27,29)(H,28,32)(H,30,31). The number of alkyl carbamates (subject to hydrolysis) is 1. The van der Waals surface area contributed by atoms with E-state index in [-0.39, 0.29) is 31.5 Å². The maximum Gasteiger partial charge on any atom is 0.407 e. The van der Waals surface area contributed by atoms with E-state index < -0.39 is 23.9 Å². The minimum absolute atomic E-state index is 0.0220. The largest absolute Gasteiger partial charge is 0.481 e. The fourth-order valence-electron chi connectivity index (χ4n) is 4.38. The third-order valence-corrected chi connectivity index (χ3v) is 6.53. The smallest absolute Gasteiger partial charge is 0.407 e. The molecule has 3 N–H and O–H groups in total. The molecule has 2 unspecified atom stereocenters. The molecule has 0 spiro atoms. The number of aliphatic carboxylic acids is 1. The van der Waals surface area contributed by atoms with E-state index in [1.165, 1.54) is 11.1 Å². The number of ether oxygens (including phenoxy) is 1. The number of carbonyl (C=O) groups excluding carboxylic acids is 2. The van der Waals surface area contributed by atoms with E-state index in [2.05, 4.69) is 34.9 Å². The van der Waals surface area contributed by atoms with Gasteiger partial charge in [0.25, 0.3) is 0 Å². The lowest BCUT2D eigenvalue weighted by atomic mass is 9.98. The Labute approximate surface area is 193 Å². The number of hydrogen-bond acceptors (Lipinski definition) is 4. The summed E-state index contributed by atoms with van der Waals surface area (Å²) in [6.45, 7) is 2.00. The highest BCUT2D eigenvalue weighted by molar-refractivity contribution is 5.81. The van der Waals surface area contributed by atoms with Gasteiger partial charge in [-0.2, -0.15) is 0 Å². The SMILES string of the molecule is CC(CNC(=O)C(CNC(=O)OCC1c2ccccc2-c2ccccc21)CC1CC1)C(=O)O. The molecule has 7 nitrogen and oxygen atoms in total. The number of carboxylic acids is 1. The van der Waals surface area contributed by atoms with Crippen molar-refractivity contribution in [2.75, 3.05) is 19.7 Å². The second-order valence-electron chi connectivity index (χ2n) is 9.07. The van der Waals surface area contributed by atoms with Gasteiger partial charge in [0.1, 0.15) is 6.61 Å². The summed E-state index contributed by atoms with van der Waals surface area (Å²) < 4.78 is 5.56. The topological polar surface area (TPSA) is 105 Å². The molecule has 1 fully saturated rings. The van der Waals surface area contributed by atoms with Crippen LogP contribution in [0.5, 0.6) is 0 Å². The van der Waals surface area contributed by atoms with Crippen LogP contribution in [0.4, 0.5) is 4.79 Å². The number of hydrogen-bond donors (Lipinski definition) is 3. The van der Waals surface area contributed by atoms with Gasteiger partial charge in [0.05, 0.1) is 11.8 Å². The average Bonchev–Trinajstić information content (AvgIpc) is 3.59. The fraction of sp³-hybridized carbons (Fsp3) is 0.423. The van der Waals surface area contributed by atoms with Crippen molar-refractivity contribution in [1.29, 1.82) is 0 Å². The number of benzene rings is 2. The third kappa shape index (κ3) is 5.53. The number of nitrogens with one attached hydrogen (secondary N) is 2. The molecule has 2 atom stereocenters. The molecule has 0 aliphatic heterocycles. The average molecular weight is 451 g/mol. The van der Waals surface area contributed by atoms with Crippen molar-refractivity contribution in [3.05, 3.63) is 59.7 Å². The van der Waals surface area contributed by atoms with Crippen molar-refractivity contribution in [2.45, 2.75) is 32.1 Å². The summed E-state index contributed by atoms with van der Waals surface area (Å²) in [5.41, 5.74) is 4.62. The lowest BCUT2D eigenvalue weighted by Gasteiger charge is -2.19. The van der Waals surface area contributed by atoms with E-state index in [0.29, 0.717) is 12.3 Å². The summed E-state index contributed by atoms with van der Waals surface area (Å²) >= 11 is 0. The van der Waals surface area contributed by atoms with Gasteiger partial charge in [-0.1, -0.05) is 68.3 Å². The Morgan fingerprint density at radius 2 is 1.58 bits per heavy atom. The van der Waals surface area contributed by atoms with Gasteiger partial charge in [0, 0.05) is 19.0 Å². The van der Waals surface area contributed by atoms with Gasteiger partial charge >= 0.3 is 12.1 Å². The molecule has 2 aliphatic carbocycles. The highest BCUT2D eigenvalue weighted by Crippen LogP contribution is 2.44. The molecule has 0 saturated heterocycles. The number of amides is 2. The molecule has 33 heavy (non-hydrogen) atoms. The fourth-order valence-corrected chi connectivity index (χ4v) is 4.38. The van der Waals surface area contributed by atoms with E-state index in [0.717, 1.165) is 24.0 Å². The van der Waals surface area contributed by atoms with E-state index >= 15 is 0 Å².